The van der Waals surface area contributed by atoms with Crippen molar-refractivity contribution in [1.82, 2.24) is 0 Å². The maximum atomic E-state index is 10.7. The summed E-state index contributed by atoms with van der Waals surface area (Å²) in [6, 6.07) is 34.6. The van der Waals surface area contributed by atoms with Crippen molar-refractivity contribution in [2.45, 2.75) is 0 Å². The molecule has 0 saturated heterocycles. The van der Waals surface area contributed by atoms with Crippen LogP contribution in [0.25, 0.3) is 0 Å². The minimum absolute atomic E-state index is 0.0477. The molecule has 0 spiro atoms. The van der Waals surface area contributed by atoms with Gasteiger partial charge in [-0.2, -0.15) is 5.10 Å². The predicted octanol–water partition coefficient (Wildman–Crippen LogP) is 6.51. The minimum atomic E-state index is -0.428. The molecule has 0 aliphatic rings. The summed E-state index contributed by atoms with van der Waals surface area (Å²) in [5, 5.41) is 14.9. The molecule has 0 amide bonds. The molecule has 0 heterocycles. The second-order valence-electron chi connectivity index (χ2n) is 6.77. The van der Waals surface area contributed by atoms with E-state index < -0.39 is 4.92 Å². The second kappa shape index (κ2) is 9.37. The average Bonchev–Trinajstić information content (AvgIpc) is 2.82. The summed E-state index contributed by atoms with van der Waals surface area (Å²) in [4.78, 5) is 12.5. The Kier molecular flexibility index (Phi) is 6.00. The number of hydrazone groups is 1. The first-order valence-electron chi connectivity index (χ1n) is 9.74. The fourth-order valence-electron chi connectivity index (χ4n) is 3.15. The average molecular weight is 408 g/mol. The van der Waals surface area contributed by atoms with Crippen molar-refractivity contribution >= 4 is 34.7 Å². The van der Waals surface area contributed by atoms with Crippen molar-refractivity contribution in [1.29, 1.82) is 0 Å². The molecular weight excluding hydrogens is 388 g/mol. The highest BCUT2D eigenvalue weighted by molar-refractivity contribution is 5.83. The summed E-state index contributed by atoms with van der Waals surface area (Å²) in [7, 11) is 0. The van der Waals surface area contributed by atoms with Crippen molar-refractivity contribution in [3.05, 3.63) is 125 Å². The molecule has 0 fully saturated rings. The lowest BCUT2D eigenvalue weighted by Crippen LogP contribution is -2.09. The van der Waals surface area contributed by atoms with Gasteiger partial charge < -0.3 is 4.90 Å². The number of benzene rings is 4. The van der Waals surface area contributed by atoms with Gasteiger partial charge >= 0.3 is 0 Å². The molecule has 0 radical (unpaired) electrons. The van der Waals surface area contributed by atoms with Gasteiger partial charge in [-0.1, -0.05) is 48.5 Å². The van der Waals surface area contributed by atoms with Gasteiger partial charge in [0.15, 0.2) is 0 Å². The highest BCUT2D eigenvalue weighted by atomic mass is 16.6. The molecule has 152 valence electrons. The molecule has 6 heteroatoms. The SMILES string of the molecule is O=[N+]([O-])c1ccc(NN=Cc2ccc(N(c3ccccc3)c3ccccc3)cc2)cc1. The molecule has 0 aliphatic heterocycles. The van der Waals surface area contributed by atoms with Crippen LogP contribution in [0.15, 0.2) is 114 Å². The predicted molar refractivity (Wildman–Crippen MR) is 125 cm³/mol. The zero-order valence-electron chi connectivity index (χ0n) is 16.6. The summed E-state index contributed by atoms with van der Waals surface area (Å²) in [6.07, 6.45) is 1.71. The van der Waals surface area contributed by atoms with E-state index in [0.717, 1.165) is 22.6 Å². The zero-order valence-corrected chi connectivity index (χ0v) is 16.6. The van der Waals surface area contributed by atoms with E-state index in [1.54, 1.807) is 18.3 Å². The molecule has 0 bridgehead atoms. The fraction of sp³-hybridized carbons (Fsp3) is 0. The van der Waals surface area contributed by atoms with Crippen molar-refractivity contribution in [2.75, 3.05) is 10.3 Å². The van der Waals surface area contributed by atoms with Gasteiger partial charge in [0.2, 0.25) is 0 Å². The van der Waals surface area contributed by atoms with E-state index >= 15 is 0 Å². The summed E-state index contributed by atoms with van der Waals surface area (Å²) in [5.41, 5.74) is 7.74. The van der Waals surface area contributed by atoms with E-state index in [1.165, 1.54) is 12.1 Å². The molecule has 0 aromatic heterocycles. The lowest BCUT2D eigenvalue weighted by molar-refractivity contribution is -0.384. The third kappa shape index (κ3) is 4.94. The first-order chi connectivity index (χ1) is 15.2. The van der Waals surface area contributed by atoms with Gasteiger partial charge in [0, 0.05) is 29.2 Å². The number of para-hydroxylation sites is 2. The smallest absolute Gasteiger partial charge is 0.269 e. The monoisotopic (exact) mass is 408 g/mol. The number of rotatable bonds is 7. The number of nitro benzene ring substituents is 1. The number of nitrogens with zero attached hydrogens (tertiary/aromatic N) is 3. The van der Waals surface area contributed by atoms with Crippen molar-refractivity contribution in [2.24, 2.45) is 5.10 Å². The van der Waals surface area contributed by atoms with Gasteiger partial charge in [-0.3, -0.25) is 15.5 Å². The molecule has 0 saturated carbocycles. The number of hydrogen-bond acceptors (Lipinski definition) is 5. The molecule has 4 aromatic rings. The van der Waals surface area contributed by atoms with Gasteiger partial charge in [0.1, 0.15) is 0 Å². The Morgan fingerprint density at radius 3 is 1.74 bits per heavy atom. The number of anilines is 4. The molecule has 0 atom stereocenters. The van der Waals surface area contributed by atoms with Crippen LogP contribution in [0.2, 0.25) is 0 Å². The minimum Gasteiger partial charge on any atom is -0.311 e. The quantitative estimate of drug-likeness (QED) is 0.215. The van der Waals surface area contributed by atoms with Gasteiger partial charge in [-0.05, 0) is 54.1 Å². The topological polar surface area (TPSA) is 70.8 Å². The van der Waals surface area contributed by atoms with Crippen molar-refractivity contribution < 1.29 is 4.92 Å². The maximum absolute atomic E-state index is 10.7. The third-order valence-electron chi connectivity index (χ3n) is 4.67. The van der Waals surface area contributed by atoms with Gasteiger partial charge in [0.25, 0.3) is 5.69 Å². The highest BCUT2D eigenvalue weighted by Crippen LogP contribution is 2.33. The Morgan fingerprint density at radius 2 is 1.23 bits per heavy atom. The number of non-ortho nitro benzene ring substituents is 1. The van der Waals surface area contributed by atoms with Crippen LogP contribution in [0.5, 0.6) is 0 Å². The highest BCUT2D eigenvalue weighted by Gasteiger charge is 2.11. The standard InChI is InChI=1S/C25H20N4O2/c30-29(31)25-17-13-21(14-18-25)27-26-19-20-11-15-24(16-12-20)28(22-7-3-1-4-8-22)23-9-5-2-6-10-23/h1-19,27H. The van der Waals surface area contributed by atoms with Crippen LogP contribution < -0.4 is 10.3 Å². The summed E-state index contributed by atoms with van der Waals surface area (Å²) in [6.45, 7) is 0. The maximum Gasteiger partial charge on any atom is 0.269 e. The lowest BCUT2D eigenvalue weighted by atomic mass is 10.1. The second-order valence-corrected chi connectivity index (χ2v) is 6.77. The van der Waals surface area contributed by atoms with Gasteiger partial charge in [0.05, 0.1) is 16.8 Å². The van der Waals surface area contributed by atoms with Crippen molar-refractivity contribution in [3.8, 4) is 0 Å². The number of nitro groups is 1. The van der Waals surface area contributed by atoms with E-state index in [4.69, 9.17) is 0 Å². The Morgan fingerprint density at radius 1 is 0.710 bits per heavy atom. The Balaban J connectivity index is 1.50. The zero-order chi connectivity index (χ0) is 21.5. The summed E-state index contributed by atoms with van der Waals surface area (Å²) < 4.78 is 0. The van der Waals surface area contributed by atoms with Crippen LogP contribution in [-0.2, 0) is 0 Å². The lowest BCUT2D eigenvalue weighted by Gasteiger charge is -2.25. The third-order valence-corrected chi connectivity index (χ3v) is 4.67. The van der Waals surface area contributed by atoms with Gasteiger partial charge in [-0.15, -0.1) is 0 Å². The van der Waals surface area contributed by atoms with Crippen LogP contribution in [0.1, 0.15) is 5.56 Å². The number of nitrogens with one attached hydrogen (secondary N) is 1. The van der Waals surface area contributed by atoms with Crippen LogP contribution in [-0.4, -0.2) is 11.1 Å². The summed E-state index contributed by atoms with van der Waals surface area (Å²) in [5.74, 6) is 0. The summed E-state index contributed by atoms with van der Waals surface area (Å²) >= 11 is 0. The first-order valence-corrected chi connectivity index (χ1v) is 9.74. The molecular formula is C25H20N4O2. The first kappa shape index (κ1) is 19.8. The van der Waals surface area contributed by atoms with E-state index in [0.29, 0.717) is 5.69 Å². The largest absolute Gasteiger partial charge is 0.311 e. The molecule has 4 aromatic carbocycles. The fourth-order valence-corrected chi connectivity index (χ4v) is 3.15. The molecule has 0 unspecified atom stereocenters. The molecule has 6 nitrogen and oxygen atoms in total. The Labute approximate surface area is 180 Å². The van der Waals surface area contributed by atoms with Crippen LogP contribution >= 0.6 is 0 Å². The van der Waals surface area contributed by atoms with Crippen LogP contribution in [0, 0.1) is 10.1 Å². The molecule has 31 heavy (non-hydrogen) atoms. The Hall–Kier alpha value is -4.45. The molecule has 0 aliphatic carbocycles. The van der Waals surface area contributed by atoms with Crippen LogP contribution in [0.4, 0.5) is 28.4 Å². The normalized spacial score (nSPS) is 10.7. The Bertz CT molecular complexity index is 1120. The van der Waals surface area contributed by atoms with Crippen LogP contribution in [0.3, 0.4) is 0 Å². The van der Waals surface area contributed by atoms with E-state index in [1.807, 2.05) is 60.7 Å². The van der Waals surface area contributed by atoms with E-state index in [9.17, 15) is 10.1 Å². The van der Waals surface area contributed by atoms with E-state index in [2.05, 4.69) is 39.7 Å². The molecule has 1 N–H and O–H groups in total. The number of hydrogen-bond donors (Lipinski definition) is 1. The van der Waals surface area contributed by atoms with E-state index in [-0.39, 0.29) is 5.69 Å². The van der Waals surface area contributed by atoms with Gasteiger partial charge in [-0.25, -0.2) is 0 Å². The van der Waals surface area contributed by atoms with Crippen molar-refractivity contribution in [3.63, 3.8) is 0 Å². The molecule has 4 rings (SSSR count).